The van der Waals surface area contributed by atoms with Crippen LogP contribution in [-0.2, 0) is 20.9 Å². The monoisotopic (exact) mass is 702 g/mol. The zero-order chi connectivity index (χ0) is 37.1. The van der Waals surface area contributed by atoms with Crippen molar-refractivity contribution in [3.8, 4) is 5.75 Å². The summed E-state index contributed by atoms with van der Waals surface area (Å²) in [5.74, 6) is 0.292. The van der Waals surface area contributed by atoms with Crippen LogP contribution >= 0.6 is 0 Å². The Morgan fingerprint density at radius 1 is 1.04 bits per heavy atom. The van der Waals surface area contributed by atoms with Crippen molar-refractivity contribution in [1.29, 1.82) is 0 Å². The number of aliphatic hydroxyl groups excluding tert-OH is 2. The van der Waals surface area contributed by atoms with Crippen molar-refractivity contribution in [3.63, 3.8) is 0 Å². The van der Waals surface area contributed by atoms with E-state index in [1.54, 1.807) is 12.1 Å². The van der Waals surface area contributed by atoms with E-state index >= 15 is 4.79 Å². The number of carbonyl (C=O) groups is 2. The minimum atomic E-state index is -0.660. The van der Waals surface area contributed by atoms with Crippen LogP contribution in [-0.4, -0.2) is 70.4 Å². The van der Waals surface area contributed by atoms with E-state index in [1.807, 2.05) is 27.8 Å². The summed E-state index contributed by atoms with van der Waals surface area (Å²) in [6.07, 6.45) is 7.41. The molecule has 5 N–H and O–H groups in total. The summed E-state index contributed by atoms with van der Waals surface area (Å²) in [5.41, 5.74) is 2.06. The van der Waals surface area contributed by atoms with Gasteiger partial charge in [-0.1, -0.05) is 58.4 Å². The summed E-state index contributed by atoms with van der Waals surface area (Å²) in [4.78, 5) is 29.4. The highest BCUT2D eigenvalue weighted by Gasteiger charge is 2.74. The lowest BCUT2D eigenvalue weighted by molar-refractivity contribution is -0.206. The lowest BCUT2D eigenvalue weighted by atomic mass is 9.32. The summed E-state index contributed by atoms with van der Waals surface area (Å²) in [6, 6.07) is 5.64. The van der Waals surface area contributed by atoms with Crippen LogP contribution in [0, 0.1) is 45.3 Å². The smallest absolute Gasteiger partial charge is 0.159 e. The number of fused-ring (bicyclic) bond motifs is 5. The molecule has 3 saturated carbocycles. The van der Waals surface area contributed by atoms with E-state index in [-0.39, 0.29) is 75.0 Å². The van der Waals surface area contributed by atoms with Gasteiger partial charge in [0.25, 0.3) is 0 Å². The molecule has 0 amide bonds. The second-order valence-corrected chi connectivity index (χ2v) is 19.0. The Morgan fingerprint density at radius 2 is 1.75 bits per heavy atom. The molecule has 8 heteroatoms. The predicted octanol–water partition coefficient (Wildman–Crippen LogP) is 5.98. The van der Waals surface area contributed by atoms with Crippen molar-refractivity contribution in [2.45, 2.75) is 136 Å². The molecule has 51 heavy (non-hydrogen) atoms. The van der Waals surface area contributed by atoms with E-state index in [0.717, 1.165) is 36.0 Å². The van der Waals surface area contributed by atoms with Crippen LogP contribution in [0.3, 0.4) is 0 Å². The predicted molar refractivity (Wildman–Crippen MR) is 198 cm³/mol. The van der Waals surface area contributed by atoms with Crippen LogP contribution in [0.4, 0.5) is 0 Å². The number of Topliss-reactive ketones (excluding diaryl/α,β-unsaturated/α-hetero) is 2. The third kappa shape index (κ3) is 5.39. The molecule has 0 radical (unpaired) electrons. The molecule has 4 fully saturated rings. The minimum absolute atomic E-state index is 0.0151. The molecule has 1 saturated heterocycles. The standard InChI is InChI=1S/C43H62N2O6/c1-23(15-31(48)38-39(3,4)51-38)34-28-12-13-33-42(7,41(28,6)20-32(34)49)19-30(45-21-24(2)46)36-40(5)14-10-11-29(43(33,36)8)35(37(40)50)26-16-25(22-44-9)17-27(47)18-26/h10-11,16-18,23-24,29-31,33,35-36,38,44-48H,12-15,19-22H2,1-9H3/t23-,24+,29-,30+,31-,33-,35-,36-,38+,40+,41+,42+,43+/m1/s1. The van der Waals surface area contributed by atoms with E-state index in [0.29, 0.717) is 32.4 Å². The van der Waals surface area contributed by atoms with Crippen molar-refractivity contribution in [1.82, 2.24) is 10.6 Å². The van der Waals surface area contributed by atoms with E-state index in [1.165, 1.54) is 5.57 Å². The Kier molecular flexibility index (Phi) is 8.95. The summed E-state index contributed by atoms with van der Waals surface area (Å²) in [6.45, 7) is 18.3. The lowest BCUT2D eigenvalue weighted by Gasteiger charge is -2.72. The van der Waals surface area contributed by atoms with Crippen LogP contribution in [0.5, 0.6) is 5.75 Å². The molecule has 7 aliphatic rings. The highest BCUT2D eigenvalue weighted by molar-refractivity contribution is 6.00. The number of carbonyl (C=O) groups excluding carboxylic acids is 2. The van der Waals surface area contributed by atoms with Crippen LogP contribution in [0.1, 0.15) is 111 Å². The third-order valence-corrected chi connectivity index (χ3v) is 15.4. The van der Waals surface area contributed by atoms with Crippen LogP contribution in [0.25, 0.3) is 0 Å². The van der Waals surface area contributed by atoms with Crippen molar-refractivity contribution in [2.75, 3.05) is 13.6 Å². The van der Waals surface area contributed by atoms with E-state index in [4.69, 9.17) is 4.74 Å². The van der Waals surface area contributed by atoms with Crippen LogP contribution in [0.15, 0.2) is 41.5 Å². The molecular weight excluding hydrogens is 640 g/mol. The van der Waals surface area contributed by atoms with Gasteiger partial charge in [0, 0.05) is 36.4 Å². The molecule has 0 spiro atoms. The van der Waals surface area contributed by atoms with Gasteiger partial charge in [0.2, 0.25) is 0 Å². The van der Waals surface area contributed by atoms with Crippen LogP contribution in [0.2, 0.25) is 0 Å². The first-order valence-electron chi connectivity index (χ1n) is 19.6. The van der Waals surface area contributed by atoms with Gasteiger partial charge < -0.3 is 30.7 Å². The average Bonchev–Trinajstić information content (AvgIpc) is 3.64. The normalized spacial score (nSPS) is 42.6. The third-order valence-electron chi connectivity index (χ3n) is 15.4. The zero-order valence-electron chi connectivity index (χ0n) is 32.3. The number of ether oxygens (including phenoxy) is 1. The second kappa shape index (κ2) is 12.3. The molecule has 1 aliphatic heterocycles. The first-order valence-corrected chi connectivity index (χ1v) is 19.6. The molecular formula is C43H62N2O6. The Hall–Kier alpha value is -2.36. The molecule has 1 aromatic rings. The molecule has 1 heterocycles. The van der Waals surface area contributed by atoms with Crippen molar-refractivity contribution in [2.24, 2.45) is 45.3 Å². The number of benzene rings is 1. The van der Waals surface area contributed by atoms with E-state index in [9.17, 15) is 20.1 Å². The zero-order valence-corrected chi connectivity index (χ0v) is 32.3. The number of nitrogens with one attached hydrogen (secondary N) is 2. The summed E-state index contributed by atoms with van der Waals surface area (Å²) < 4.78 is 5.78. The Balaban J connectivity index is 1.35. The molecule has 2 bridgehead atoms. The first kappa shape index (κ1) is 37.0. The number of epoxide rings is 1. The van der Waals surface area contributed by atoms with Gasteiger partial charge in [-0.15, -0.1) is 0 Å². The first-order chi connectivity index (χ1) is 23.8. The molecule has 8 rings (SSSR count). The highest BCUT2D eigenvalue weighted by atomic mass is 16.6. The number of aliphatic hydroxyl groups is 2. The Morgan fingerprint density at radius 3 is 2.39 bits per heavy atom. The number of aromatic hydroxyl groups is 1. The summed E-state index contributed by atoms with van der Waals surface area (Å²) >= 11 is 0. The maximum Gasteiger partial charge on any atom is 0.159 e. The maximum absolute atomic E-state index is 15.1. The number of hydrogen-bond donors (Lipinski definition) is 5. The van der Waals surface area contributed by atoms with Gasteiger partial charge in [-0.05, 0) is 123 Å². The SMILES string of the molecule is CNCc1cc(O)cc([C@H]2C(=O)[C@@]3(C)CC=C[C@H]2[C@@]2(C)[C@@H]4CCC5=C([C@H](C)C[C@@H](O)[C@@H]6OC6(C)C)C(=O)C[C@]5(C)[C@@]4(C)C[C@H](NC[C@H](C)O)[C@@H]23)c1. The number of allylic oxidation sites excluding steroid dienone is 4. The molecule has 13 atom stereocenters. The molecule has 280 valence electrons. The molecule has 0 unspecified atom stereocenters. The quantitative estimate of drug-likeness (QED) is 0.149. The number of hydrogen-bond acceptors (Lipinski definition) is 8. The fourth-order valence-electron chi connectivity index (χ4n) is 13.2. The molecule has 0 aromatic heterocycles. The number of rotatable bonds is 10. The average molecular weight is 703 g/mol. The Bertz CT molecular complexity index is 1660. The summed E-state index contributed by atoms with van der Waals surface area (Å²) in [5, 5.41) is 39.6. The molecule has 6 aliphatic carbocycles. The fraction of sp³-hybridized carbons (Fsp3) is 0.721. The molecule has 1 aromatic carbocycles. The van der Waals surface area contributed by atoms with Gasteiger partial charge in [0.1, 0.15) is 17.6 Å². The van der Waals surface area contributed by atoms with Gasteiger partial charge >= 0.3 is 0 Å². The van der Waals surface area contributed by atoms with Gasteiger partial charge in [0.05, 0.1) is 23.7 Å². The lowest BCUT2D eigenvalue weighted by Crippen LogP contribution is -2.72. The largest absolute Gasteiger partial charge is 0.508 e. The van der Waals surface area contributed by atoms with E-state index < -0.39 is 23.5 Å². The van der Waals surface area contributed by atoms with Gasteiger partial charge in [-0.25, -0.2) is 0 Å². The number of ketones is 2. The minimum Gasteiger partial charge on any atom is -0.508 e. The topological polar surface area (TPSA) is 131 Å². The van der Waals surface area contributed by atoms with Gasteiger partial charge in [-0.2, -0.15) is 0 Å². The number of phenolic OH excluding ortho intramolecular Hbond substituents is 1. The van der Waals surface area contributed by atoms with Crippen molar-refractivity contribution < 1.29 is 29.6 Å². The van der Waals surface area contributed by atoms with Gasteiger partial charge in [-0.3, -0.25) is 9.59 Å². The van der Waals surface area contributed by atoms with E-state index in [2.05, 4.69) is 63.5 Å². The van der Waals surface area contributed by atoms with Crippen LogP contribution < -0.4 is 10.6 Å². The molecule has 8 nitrogen and oxygen atoms in total. The second-order valence-electron chi connectivity index (χ2n) is 19.0. The summed E-state index contributed by atoms with van der Waals surface area (Å²) in [7, 11) is 1.89. The Labute approximate surface area is 304 Å². The maximum atomic E-state index is 15.1. The fourth-order valence-corrected chi connectivity index (χ4v) is 13.2. The van der Waals surface area contributed by atoms with Crippen molar-refractivity contribution in [3.05, 3.63) is 52.6 Å². The van der Waals surface area contributed by atoms with Gasteiger partial charge in [0.15, 0.2) is 5.78 Å². The number of phenols is 1. The van der Waals surface area contributed by atoms with Crippen molar-refractivity contribution >= 4 is 11.6 Å². The highest BCUT2D eigenvalue weighted by Crippen LogP contribution is 2.77.